The van der Waals surface area contributed by atoms with E-state index in [1.165, 1.54) is 65.7 Å². The molecule has 0 saturated carbocycles. The van der Waals surface area contributed by atoms with Crippen LogP contribution >= 0.6 is 0 Å². The molecular formula is C42H26Y-2. The molecule has 0 atom stereocenters. The standard InChI is InChI=1S/C42H26.Y/c1-2-11-29(12-3-1)34-15-10-16-35(27-34)31-21-24-32(25-22-31)41-37-17-6-8-19-39(37)42(40-20-9-7-18-38(40)41)36-26-23-30-13-4-5-14-33(30)28-36;/h1-11,13-14,16-28H;/q-2;. The van der Waals surface area contributed by atoms with Gasteiger partial charge in [-0.2, -0.15) is 42.5 Å². The molecule has 0 spiro atoms. The fourth-order valence-electron chi connectivity index (χ4n) is 6.29. The van der Waals surface area contributed by atoms with Gasteiger partial charge in [0.1, 0.15) is 0 Å². The smallest absolute Gasteiger partial charge is 0 e. The SMILES string of the molecule is [Y].[c-]1ccccc1-c1[c-]ccc(-c2ccc(-c3c4ccccc4c(-c4ccc5ccccc5c4)c4ccccc34)cc2)c1. The summed E-state index contributed by atoms with van der Waals surface area (Å²) in [4.78, 5) is 0. The Balaban J connectivity index is 0.00000300. The predicted molar refractivity (Wildman–Crippen MR) is 178 cm³/mol. The van der Waals surface area contributed by atoms with Gasteiger partial charge in [0.05, 0.1) is 0 Å². The molecule has 199 valence electrons. The zero-order chi connectivity index (χ0) is 27.9. The van der Waals surface area contributed by atoms with Gasteiger partial charge in [-0.05, 0) is 66.2 Å². The number of hydrogen-bond acceptors (Lipinski definition) is 0. The van der Waals surface area contributed by atoms with Crippen LogP contribution in [0.2, 0.25) is 0 Å². The van der Waals surface area contributed by atoms with Gasteiger partial charge in [-0.25, -0.2) is 11.1 Å². The van der Waals surface area contributed by atoms with Crippen LogP contribution in [0.15, 0.2) is 158 Å². The summed E-state index contributed by atoms with van der Waals surface area (Å²) < 4.78 is 0. The van der Waals surface area contributed by atoms with Crippen LogP contribution in [0.25, 0.3) is 76.8 Å². The molecule has 8 aromatic carbocycles. The van der Waals surface area contributed by atoms with Crippen molar-refractivity contribution in [2.75, 3.05) is 0 Å². The molecule has 0 saturated heterocycles. The van der Waals surface area contributed by atoms with Crippen molar-refractivity contribution in [3.05, 3.63) is 170 Å². The maximum absolute atomic E-state index is 3.37. The zero-order valence-electron chi connectivity index (χ0n) is 23.6. The van der Waals surface area contributed by atoms with Crippen LogP contribution in [-0.4, -0.2) is 0 Å². The Morgan fingerprint density at radius 3 is 1.51 bits per heavy atom. The van der Waals surface area contributed by atoms with Crippen LogP contribution in [0, 0.1) is 12.1 Å². The van der Waals surface area contributed by atoms with Crippen LogP contribution in [0.5, 0.6) is 0 Å². The van der Waals surface area contributed by atoms with Crippen molar-refractivity contribution in [2.45, 2.75) is 0 Å². The minimum absolute atomic E-state index is 0. The van der Waals surface area contributed by atoms with Crippen molar-refractivity contribution in [1.29, 1.82) is 0 Å². The summed E-state index contributed by atoms with van der Waals surface area (Å²) in [5.74, 6) is 0. The molecule has 0 aromatic heterocycles. The molecule has 0 aliphatic heterocycles. The Bertz CT molecular complexity index is 2170. The molecule has 1 radical (unpaired) electrons. The number of hydrogen-bond donors (Lipinski definition) is 0. The van der Waals surface area contributed by atoms with Gasteiger partial charge in [0, 0.05) is 32.7 Å². The average molecular weight is 620 g/mol. The van der Waals surface area contributed by atoms with Crippen molar-refractivity contribution in [3.63, 3.8) is 0 Å². The van der Waals surface area contributed by atoms with Crippen LogP contribution < -0.4 is 0 Å². The van der Waals surface area contributed by atoms with Gasteiger partial charge in [-0.1, -0.05) is 109 Å². The molecule has 0 aliphatic carbocycles. The van der Waals surface area contributed by atoms with E-state index in [2.05, 4.69) is 146 Å². The van der Waals surface area contributed by atoms with E-state index < -0.39 is 0 Å². The minimum atomic E-state index is 0. The number of fused-ring (bicyclic) bond motifs is 3. The largest absolute Gasteiger partial charge is 0.226 e. The Morgan fingerprint density at radius 1 is 0.326 bits per heavy atom. The third-order valence-electron chi connectivity index (χ3n) is 8.28. The third kappa shape index (κ3) is 5.02. The average Bonchev–Trinajstić information content (AvgIpc) is 3.07. The van der Waals surface area contributed by atoms with Crippen LogP contribution in [0.3, 0.4) is 0 Å². The first-order valence-corrected chi connectivity index (χ1v) is 14.4. The Hall–Kier alpha value is -4.36. The topological polar surface area (TPSA) is 0 Å². The maximum Gasteiger partial charge on any atom is 0 e. The van der Waals surface area contributed by atoms with Crippen LogP contribution in [-0.2, 0) is 32.7 Å². The Kier molecular flexibility index (Phi) is 7.50. The molecule has 0 unspecified atom stereocenters. The second kappa shape index (κ2) is 11.7. The van der Waals surface area contributed by atoms with Crippen molar-refractivity contribution < 1.29 is 32.7 Å². The summed E-state index contributed by atoms with van der Waals surface area (Å²) in [5.41, 5.74) is 9.50. The van der Waals surface area contributed by atoms with Crippen molar-refractivity contribution >= 4 is 32.3 Å². The van der Waals surface area contributed by atoms with E-state index in [9.17, 15) is 0 Å². The van der Waals surface area contributed by atoms with Gasteiger partial charge >= 0.3 is 0 Å². The summed E-state index contributed by atoms with van der Waals surface area (Å²) in [7, 11) is 0. The van der Waals surface area contributed by atoms with E-state index in [1.807, 2.05) is 24.3 Å². The van der Waals surface area contributed by atoms with Gasteiger partial charge < -0.3 is 0 Å². The zero-order valence-corrected chi connectivity index (χ0v) is 26.4. The summed E-state index contributed by atoms with van der Waals surface area (Å²) in [6.45, 7) is 0. The maximum atomic E-state index is 3.37. The van der Waals surface area contributed by atoms with Crippen molar-refractivity contribution in [2.24, 2.45) is 0 Å². The molecule has 0 amide bonds. The van der Waals surface area contributed by atoms with Crippen molar-refractivity contribution in [3.8, 4) is 44.5 Å². The molecule has 1 heteroatoms. The third-order valence-corrected chi connectivity index (χ3v) is 8.28. The summed E-state index contributed by atoms with van der Waals surface area (Å²) in [6.07, 6.45) is 0. The molecule has 0 N–H and O–H groups in total. The first kappa shape index (κ1) is 27.5. The van der Waals surface area contributed by atoms with E-state index in [4.69, 9.17) is 0 Å². The van der Waals surface area contributed by atoms with Crippen LogP contribution in [0.1, 0.15) is 0 Å². The summed E-state index contributed by atoms with van der Waals surface area (Å²) >= 11 is 0. The molecule has 8 rings (SSSR count). The van der Waals surface area contributed by atoms with Crippen molar-refractivity contribution in [1.82, 2.24) is 0 Å². The molecule has 0 fully saturated rings. The van der Waals surface area contributed by atoms with Gasteiger partial charge in [0.25, 0.3) is 0 Å². The molecule has 0 bridgehead atoms. The normalized spacial score (nSPS) is 11.1. The molecule has 43 heavy (non-hydrogen) atoms. The van der Waals surface area contributed by atoms with Gasteiger partial charge in [-0.15, -0.1) is 17.7 Å². The first-order valence-electron chi connectivity index (χ1n) is 14.4. The minimum Gasteiger partial charge on any atom is -0.226 e. The molecule has 8 aromatic rings. The van der Waals surface area contributed by atoms with Crippen LogP contribution in [0.4, 0.5) is 0 Å². The van der Waals surface area contributed by atoms with E-state index in [1.54, 1.807) is 0 Å². The second-order valence-electron chi connectivity index (χ2n) is 10.7. The molecular weight excluding hydrogens is 593 g/mol. The van der Waals surface area contributed by atoms with Gasteiger partial charge in [0.15, 0.2) is 0 Å². The summed E-state index contributed by atoms with van der Waals surface area (Å²) in [5, 5.41) is 7.60. The monoisotopic (exact) mass is 619 g/mol. The van der Waals surface area contributed by atoms with E-state index >= 15 is 0 Å². The second-order valence-corrected chi connectivity index (χ2v) is 10.7. The molecule has 0 aliphatic rings. The molecule has 0 nitrogen and oxygen atoms in total. The van der Waals surface area contributed by atoms with E-state index in [-0.39, 0.29) is 32.7 Å². The van der Waals surface area contributed by atoms with E-state index in [0.29, 0.717) is 0 Å². The fraction of sp³-hybridized carbons (Fsp3) is 0. The Morgan fingerprint density at radius 2 is 0.860 bits per heavy atom. The van der Waals surface area contributed by atoms with Gasteiger partial charge in [0.2, 0.25) is 0 Å². The Labute approximate surface area is 277 Å². The summed E-state index contributed by atoms with van der Waals surface area (Å²) in [6, 6.07) is 63.2. The quantitative estimate of drug-likeness (QED) is 0.136. The number of benzene rings is 8. The van der Waals surface area contributed by atoms with E-state index in [0.717, 1.165) is 11.1 Å². The predicted octanol–water partition coefficient (Wildman–Crippen LogP) is 11.4. The molecule has 0 heterocycles. The first-order chi connectivity index (χ1) is 20.8. The fourth-order valence-corrected chi connectivity index (χ4v) is 6.29. The number of rotatable bonds is 4. The van der Waals surface area contributed by atoms with Gasteiger partial charge in [-0.3, -0.25) is 0 Å².